The number of benzene rings is 1. The highest BCUT2D eigenvalue weighted by Gasteiger charge is 2.57. The second-order valence-electron chi connectivity index (χ2n) is 11.0. The number of rotatable bonds is 16. The summed E-state index contributed by atoms with van der Waals surface area (Å²) in [5.41, 5.74) is 12.2. The Morgan fingerprint density at radius 1 is 1.26 bits per heavy atom. The van der Waals surface area contributed by atoms with Crippen LogP contribution < -0.4 is 21.5 Å². The third-order valence-corrected chi connectivity index (χ3v) is 8.34. The van der Waals surface area contributed by atoms with Crippen LogP contribution in [0.4, 0.5) is 10.8 Å². The Balaban J connectivity index is 1.44. The van der Waals surface area contributed by atoms with Gasteiger partial charge in [0.1, 0.15) is 5.69 Å². The zero-order valence-electron chi connectivity index (χ0n) is 25.2. The van der Waals surface area contributed by atoms with Gasteiger partial charge in [0.25, 0.3) is 5.91 Å². The molecule has 7 N–H and O–H groups in total. The van der Waals surface area contributed by atoms with E-state index in [2.05, 4.69) is 24.4 Å². The summed E-state index contributed by atoms with van der Waals surface area (Å²) in [7, 11) is -3.04. The summed E-state index contributed by atoms with van der Waals surface area (Å²) < 4.78 is 39.5. The summed E-state index contributed by atoms with van der Waals surface area (Å²) in [4.78, 5) is 47.2. The molecule has 2 atom stereocenters. The average molecular weight is 680 g/mol. The number of hydroxylamine groups is 2. The highest BCUT2D eigenvalue weighted by Crippen LogP contribution is 2.40. The molecular weight excluding hydrogens is 644 g/mol. The second-order valence-corrected chi connectivity index (χ2v) is 12.9. The Hall–Kier alpha value is -4.43. The fourth-order valence-electron chi connectivity index (χ4n) is 4.75. The number of anilines is 2. The highest BCUT2D eigenvalue weighted by molar-refractivity contribution is 7.80. The third kappa shape index (κ3) is 8.04. The Morgan fingerprint density at radius 3 is 2.52 bits per heavy atom. The van der Waals surface area contributed by atoms with E-state index in [-0.39, 0.29) is 23.1 Å². The number of carbonyl (C=O) groups is 3. The number of nitrogens with two attached hydrogens (primary N) is 2. The topological polar surface area (TPSA) is 246 Å². The van der Waals surface area contributed by atoms with E-state index < -0.39 is 52.0 Å². The van der Waals surface area contributed by atoms with Crippen LogP contribution in [-0.4, -0.2) is 80.9 Å². The minimum Gasteiger partial charge on any atom is -0.478 e. The van der Waals surface area contributed by atoms with Crippen molar-refractivity contribution in [2.75, 3.05) is 24.1 Å². The van der Waals surface area contributed by atoms with E-state index in [0.29, 0.717) is 17.3 Å². The fraction of sp³-hybridized carbons (Fsp3) is 0.407. The first-order valence-electron chi connectivity index (χ1n) is 13.9. The lowest BCUT2D eigenvalue weighted by Gasteiger charge is -2.50. The van der Waals surface area contributed by atoms with Crippen LogP contribution in [0.3, 0.4) is 0 Å². The first kappa shape index (κ1) is 34.4. The number of aromatic nitrogens is 3. The maximum Gasteiger partial charge on any atom is 0.418 e. The number of aliphatic carboxylic acids is 1. The van der Waals surface area contributed by atoms with Gasteiger partial charge in [0.15, 0.2) is 23.7 Å². The summed E-state index contributed by atoms with van der Waals surface area (Å²) in [6.07, 6.45) is 2.85. The molecule has 248 valence electrons. The number of amides is 1. The van der Waals surface area contributed by atoms with Crippen molar-refractivity contribution in [1.29, 1.82) is 0 Å². The fourth-order valence-corrected chi connectivity index (χ4v) is 5.75. The molecule has 1 aliphatic heterocycles. The van der Waals surface area contributed by atoms with Gasteiger partial charge in [-0.15, -0.1) is 20.3 Å². The molecule has 46 heavy (non-hydrogen) atoms. The van der Waals surface area contributed by atoms with Gasteiger partial charge in [-0.2, -0.15) is 18.2 Å². The lowest BCUT2D eigenvalue weighted by Crippen LogP contribution is -2.68. The molecule has 1 aliphatic rings. The Morgan fingerprint density at radius 2 is 1.96 bits per heavy atom. The first-order chi connectivity index (χ1) is 21.6. The lowest BCUT2D eigenvalue weighted by molar-refractivity contribution is -0.753. The molecule has 19 heteroatoms. The summed E-state index contributed by atoms with van der Waals surface area (Å²) >= 11 is 1.00. The van der Waals surface area contributed by atoms with Gasteiger partial charge >= 0.3 is 16.4 Å². The van der Waals surface area contributed by atoms with Crippen LogP contribution in [0, 0.1) is 5.92 Å². The Bertz CT molecular complexity index is 1740. The molecule has 1 saturated heterocycles. The zero-order chi connectivity index (χ0) is 33.8. The minimum absolute atomic E-state index is 0.000988. The van der Waals surface area contributed by atoms with Crippen LogP contribution in [0.5, 0.6) is 0 Å². The van der Waals surface area contributed by atoms with Crippen molar-refractivity contribution >= 4 is 55.9 Å². The van der Waals surface area contributed by atoms with Crippen LogP contribution in [0.25, 0.3) is 11.1 Å². The van der Waals surface area contributed by atoms with Gasteiger partial charge in [-0.05, 0) is 44.5 Å². The van der Waals surface area contributed by atoms with Crippen LogP contribution in [0.15, 0.2) is 47.2 Å². The first-order valence-corrected chi connectivity index (χ1v) is 16.2. The van der Waals surface area contributed by atoms with Gasteiger partial charge in [-0.25, -0.2) is 9.78 Å². The van der Waals surface area contributed by atoms with Crippen molar-refractivity contribution in [3.63, 3.8) is 0 Å². The summed E-state index contributed by atoms with van der Waals surface area (Å²) in [6.45, 7) is 4.02. The maximum atomic E-state index is 13.3. The summed E-state index contributed by atoms with van der Waals surface area (Å²) in [6, 6.07) is 7.34. The largest absolute Gasteiger partial charge is 0.478 e. The van der Waals surface area contributed by atoms with Crippen molar-refractivity contribution < 1.29 is 46.3 Å². The molecule has 1 fully saturated rings. The number of carboxylic acid groups (broad SMARTS) is 1. The van der Waals surface area contributed by atoms with Gasteiger partial charge in [0.2, 0.25) is 12.3 Å². The number of carbonyl (C=O) groups excluding carboxylic acids is 2. The SMILES string of the molecule is C[n+]1cc(-c2ccc(NCC(O/N=C(\C(=O)C[C@@H]3C(=O)N(OS(=O)(=O)O)C3(C)C)c3csc(N)n3)C(=O)O)cc2)cn1CCCN. The van der Waals surface area contributed by atoms with E-state index in [0.717, 1.165) is 35.4 Å². The third-order valence-electron chi connectivity index (χ3n) is 7.33. The molecule has 4 rings (SSSR count). The summed E-state index contributed by atoms with van der Waals surface area (Å²) in [5.74, 6) is -4.04. The number of thiazole rings is 1. The van der Waals surface area contributed by atoms with Crippen LogP contribution in [0.2, 0.25) is 0 Å². The molecule has 0 saturated carbocycles. The van der Waals surface area contributed by atoms with Crippen LogP contribution in [-0.2, 0) is 47.5 Å². The van der Waals surface area contributed by atoms with E-state index in [4.69, 9.17) is 20.9 Å². The number of ketones is 1. The van der Waals surface area contributed by atoms with Crippen molar-refractivity contribution in [3.8, 4) is 11.1 Å². The van der Waals surface area contributed by atoms with E-state index >= 15 is 0 Å². The number of nitrogens with one attached hydrogen (secondary N) is 1. The van der Waals surface area contributed by atoms with E-state index in [1.54, 1.807) is 12.1 Å². The molecule has 2 aromatic heterocycles. The van der Waals surface area contributed by atoms with Gasteiger partial charge in [-0.3, -0.25) is 14.1 Å². The molecule has 1 amide bonds. The quantitative estimate of drug-likeness (QED) is 0.0458. The molecule has 3 aromatic rings. The van der Waals surface area contributed by atoms with Crippen molar-refractivity contribution in [2.45, 2.75) is 44.9 Å². The van der Waals surface area contributed by atoms with Crippen molar-refractivity contribution in [2.24, 2.45) is 23.9 Å². The molecule has 0 aliphatic carbocycles. The number of nitrogen functional groups attached to an aromatic ring is 1. The van der Waals surface area contributed by atoms with E-state index in [1.807, 2.05) is 36.3 Å². The number of aryl methyl sites for hydroxylation is 2. The van der Waals surface area contributed by atoms with Gasteiger partial charge in [0.05, 0.1) is 36.3 Å². The van der Waals surface area contributed by atoms with Gasteiger partial charge in [0, 0.05) is 17.5 Å². The molecule has 1 unspecified atom stereocenters. The Kier molecular flexibility index (Phi) is 10.4. The van der Waals surface area contributed by atoms with E-state index in [1.165, 1.54) is 19.2 Å². The standard InChI is InChI=1S/C27H34N8O9S2/c1-27(2)19(24(37)35(27)44-46(40,41)42)11-21(36)23(20-15-45-26(29)31-20)32-43-22(25(38)39)12-30-18-7-5-16(6-8-18)17-13-33(3)34(14-17)10-4-9-28/h5-8,13-15,19,22,30H,4,9-12,28H2,1-3H3,(H3-,29,31,38,39,40,41,42)/p+1/b32-23-/t19-,22?/m1/s1. The van der Waals surface area contributed by atoms with E-state index in [9.17, 15) is 27.9 Å². The van der Waals surface area contributed by atoms with Gasteiger partial charge in [-0.1, -0.05) is 17.3 Å². The Labute approximate surface area is 268 Å². The molecular formula is C27H35N8O9S2+. The van der Waals surface area contributed by atoms with Crippen molar-refractivity contribution in [1.82, 2.24) is 14.7 Å². The van der Waals surface area contributed by atoms with Gasteiger partial charge < -0.3 is 26.7 Å². The predicted octanol–water partition coefficient (Wildman–Crippen LogP) is 0.584. The average Bonchev–Trinajstić information content (AvgIpc) is 3.59. The number of nitrogens with zero attached hydrogens (tertiary/aromatic N) is 5. The number of hydrogen-bond acceptors (Lipinski definition) is 13. The predicted molar refractivity (Wildman–Crippen MR) is 165 cm³/mol. The van der Waals surface area contributed by atoms with Crippen LogP contribution >= 0.6 is 11.3 Å². The summed E-state index contributed by atoms with van der Waals surface area (Å²) in [5, 5.41) is 18.6. The molecule has 3 heterocycles. The molecule has 0 spiro atoms. The van der Waals surface area contributed by atoms with Crippen molar-refractivity contribution in [3.05, 3.63) is 47.7 Å². The minimum atomic E-state index is -4.98. The lowest BCUT2D eigenvalue weighted by atomic mass is 9.74. The molecule has 0 bridgehead atoms. The normalized spacial score (nSPS) is 17.0. The highest BCUT2D eigenvalue weighted by atomic mass is 32.3. The molecule has 0 radical (unpaired) electrons. The zero-order valence-corrected chi connectivity index (χ0v) is 26.8. The second kappa shape index (κ2) is 13.9. The number of β-lactam (4-membered cyclic amide) rings is 1. The molecule has 17 nitrogen and oxygen atoms in total. The number of carboxylic acids is 1. The smallest absolute Gasteiger partial charge is 0.418 e. The number of Topliss-reactive ketones (excluding diaryl/α,β-unsaturated/α-hetero) is 1. The molecule has 1 aromatic carbocycles. The maximum absolute atomic E-state index is 13.3. The number of oxime groups is 1. The number of hydrogen-bond donors (Lipinski definition) is 5. The monoisotopic (exact) mass is 679 g/mol. The van der Waals surface area contributed by atoms with Crippen LogP contribution in [0.1, 0.15) is 32.4 Å².